The second-order valence-electron chi connectivity index (χ2n) is 3.83. The molecular formula is C11H13ClFNO. The molecule has 2 rings (SSSR count). The highest BCUT2D eigenvalue weighted by Crippen LogP contribution is 2.22. The molecule has 1 aliphatic rings. The second-order valence-corrected chi connectivity index (χ2v) is 4.24. The van der Waals surface area contributed by atoms with Gasteiger partial charge in [-0.3, -0.25) is 0 Å². The zero-order valence-corrected chi connectivity index (χ0v) is 9.22. The van der Waals surface area contributed by atoms with Gasteiger partial charge in [-0.05, 0) is 24.6 Å². The number of hydrogen-bond acceptors (Lipinski definition) is 2. The van der Waals surface area contributed by atoms with Crippen LogP contribution in [0.3, 0.4) is 0 Å². The number of ether oxygens (including phenoxy) is 1. The summed E-state index contributed by atoms with van der Waals surface area (Å²) >= 11 is 5.62. The Labute approximate surface area is 93.4 Å². The lowest BCUT2D eigenvalue weighted by Gasteiger charge is -2.29. The first-order valence-electron chi connectivity index (χ1n) is 4.95. The average Bonchev–Trinajstić information content (AvgIpc) is 2.22. The summed E-state index contributed by atoms with van der Waals surface area (Å²) in [5, 5.41) is 3.50. The van der Waals surface area contributed by atoms with Crippen LogP contribution in [0.1, 0.15) is 18.5 Å². The summed E-state index contributed by atoms with van der Waals surface area (Å²) in [6, 6.07) is 5.21. The van der Waals surface area contributed by atoms with Crippen LogP contribution in [0.25, 0.3) is 0 Å². The maximum atomic E-state index is 13.2. The summed E-state index contributed by atoms with van der Waals surface area (Å²) in [4.78, 5) is 0. The normalized spacial score (nSPS) is 26.6. The minimum Gasteiger partial charge on any atom is -0.378 e. The Kier molecular flexibility index (Phi) is 3.24. The third-order valence-electron chi connectivity index (χ3n) is 2.48. The zero-order valence-electron chi connectivity index (χ0n) is 8.47. The fourth-order valence-electron chi connectivity index (χ4n) is 1.72. The van der Waals surface area contributed by atoms with E-state index in [1.54, 1.807) is 6.07 Å². The largest absolute Gasteiger partial charge is 0.378 e. The molecule has 0 spiro atoms. The van der Waals surface area contributed by atoms with Gasteiger partial charge >= 0.3 is 0 Å². The minimum absolute atomic E-state index is 0.0560. The molecule has 0 aromatic heterocycles. The lowest BCUT2D eigenvalue weighted by atomic mass is 10.1. The number of rotatable bonds is 1. The van der Waals surface area contributed by atoms with Gasteiger partial charge in [0.25, 0.3) is 0 Å². The Balaban J connectivity index is 2.18. The van der Waals surface area contributed by atoms with Gasteiger partial charge in [0.1, 0.15) is 5.82 Å². The van der Waals surface area contributed by atoms with Gasteiger partial charge in [-0.15, -0.1) is 0 Å². The van der Waals surface area contributed by atoms with Crippen LogP contribution in [0, 0.1) is 5.82 Å². The number of halogens is 2. The van der Waals surface area contributed by atoms with E-state index in [0.29, 0.717) is 19.3 Å². The smallest absolute Gasteiger partial charge is 0.142 e. The van der Waals surface area contributed by atoms with Gasteiger partial charge in [0.2, 0.25) is 0 Å². The molecule has 1 heterocycles. The first-order chi connectivity index (χ1) is 7.16. The van der Waals surface area contributed by atoms with Crippen molar-refractivity contribution in [1.29, 1.82) is 0 Å². The number of nitrogens with one attached hydrogen (secondary N) is 1. The van der Waals surface area contributed by atoms with Crippen molar-refractivity contribution in [3.63, 3.8) is 0 Å². The van der Waals surface area contributed by atoms with Crippen LogP contribution in [0.15, 0.2) is 18.2 Å². The van der Waals surface area contributed by atoms with Crippen LogP contribution in [0.4, 0.5) is 4.39 Å². The lowest BCUT2D eigenvalue weighted by molar-refractivity contribution is 0.0503. The van der Waals surface area contributed by atoms with Crippen molar-refractivity contribution < 1.29 is 9.13 Å². The maximum Gasteiger partial charge on any atom is 0.142 e. The van der Waals surface area contributed by atoms with E-state index in [0.717, 1.165) is 5.56 Å². The third kappa shape index (κ3) is 2.48. The topological polar surface area (TPSA) is 21.3 Å². The second kappa shape index (κ2) is 4.47. The van der Waals surface area contributed by atoms with E-state index < -0.39 is 0 Å². The molecule has 0 bridgehead atoms. The standard InChI is InChI=1S/C11H13ClFNO/c1-7-5-15-6-11(14-7)8-2-3-9(12)10(13)4-8/h2-4,7,11,14H,5-6H2,1H3. The first-order valence-corrected chi connectivity index (χ1v) is 5.33. The molecule has 2 unspecified atom stereocenters. The van der Waals surface area contributed by atoms with Gasteiger partial charge in [-0.2, -0.15) is 0 Å². The van der Waals surface area contributed by atoms with E-state index in [4.69, 9.17) is 16.3 Å². The molecule has 1 saturated heterocycles. The highest BCUT2D eigenvalue weighted by Gasteiger charge is 2.20. The van der Waals surface area contributed by atoms with Crippen LogP contribution in [0.2, 0.25) is 5.02 Å². The van der Waals surface area contributed by atoms with Crippen LogP contribution < -0.4 is 5.32 Å². The Morgan fingerprint density at radius 2 is 2.27 bits per heavy atom. The van der Waals surface area contributed by atoms with Crippen LogP contribution >= 0.6 is 11.6 Å². The quantitative estimate of drug-likeness (QED) is 0.799. The van der Waals surface area contributed by atoms with Gasteiger partial charge in [0, 0.05) is 6.04 Å². The molecular weight excluding hydrogens is 217 g/mol. The predicted octanol–water partition coefficient (Wildman–Crippen LogP) is 2.53. The number of morpholine rings is 1. The van der Waals surface area contributed by atoms with Crippen molar-refractivity contribution in [1.82, 2.24) is 5.32 Å². The summed E-state index contributed by atoms with van der Waals surface area (Å²) in [7, 11) is 0. The Morgan fingerprint density at radius 3 is 2.93 bits per heavy atom. The SMILES string of the molecule is CC1COCC(c2ccc(Cl)c(F)c2)N1. The molecule has 82 valence electrons. The number of hydrogen-bond donors (Lipinski definition) is 1. The fourth-order valence-corrected chi connectivity index (χ4v) is 1.84. The van der Waals surface area contributed by atoms with E-state index in [1.165, 1.54) is 6.07 Å². The first kappa shape index (κ1) is 10.9. The van der Waals surface area contributed by atoms with Crippen molar-refractivity contribution in [3.05, 3.63) is 34.6 Å². The van der Waals surface area contributed by atoms with Crippen molar-refractivity contribution >= 4 is 11.6 Å². The molecule has 15 heavy (non-hydrogen) atoms. The van der Waals surface area contributed by atoms with Crippen molar-refractivity contribution in [3.8, 4) is 0 Å². The monoisotopic (exact) mass is 229 g/mol. The van der Waals surface area contributed by atoms with Crippen LogP contribution in [-0.4, -0.2) is 19.3 Å². The van der Waals surface area contributed by atoms with E-state index in [1.807, 2.05) is 13.0 Å². The highest BCUT2D eigenvalue weighted by molar-refractivity contribution is 6.30. The molecule has 2 atom stereocenters. The number of benzene rings is 1. The van der Waals surface area contributed by atoms with Crippen molar-refractivity contribution in [2.45, 2.75) is 19.0 Å². The Bertz CT molecular complexity index is 358. The van der Waals surface area contributed by atoms with Crippen molar-refractivity contribution in [2.75, 3.05) is 13.2 Å². The molecule has 1 fully saturated rings. The van der Waals surface area contributed by atoms with Gasteiger partial charge in [0.15, 0.2) is 0 Å². The van der Waals surface area contributed by atoms with Crippen LogP contribution in [0.5, 0.6) is 0 Å². The third-order valence-corrected chi connectivity index (χ3v) is 2.79. The summed E-state index contributed by atoms with van der Waals surface area (Å²) in [5.41, 5.74) is 0.878. The molecule has 0 amide bonds. The van der Waals surface area contributed by atoms with Gasteiger partial charge in [-0.25, -0.2) is 4.39 Å². The minimum atomic E-state index is -0.380. The van der Waals surface area contributed by atoms with Crippen molar-refractivity contribution in [2.24, 2.45) is 0 Å². The van der Waals surface area contributed by atoms with Gasteiger partial charge in [0.05, 0.1) is 24.3 Å². The molecule has 2 nitrogen and oxygen atoms in total. The summed E-state index contributed by atoms with van der Waals surface area (Å²) < 4.78 is 18.6. The molecule has 0 aliphatic carbocycles. The Morgan fingerprint density at radius 1 is 1.47 bits per heavy atom. The van der Waals surface area contributed by atoms with Gasteiger partial charge < -0.3 is 10.1 Å². The molecule has 1 aromatic carbocycles. The van der Waals surface area contributed by atoms with E-state index in [-0.39, 0.29) is 16.9 Å². The predicted molar refractivity (Wildman–Crippen MR) is 57.6 cm³/mol. The molecule has 0 saturated carbocycles. The average molecular weight is 230 g/mol. The Hall–Kier alpha value is -0.640. The van der Waals surface area contributed by atoms with E-state index in [2.05, 4.69) is 5.32 Å². The molecule has 1 N–H and O–H groups in total. The fraction of sp³-hybridized carbons (Fsp3) is 0.455. The maximum absolute atomic E-state index is 13.2. The summed E-state index contributed by atoms with van der Waals surface area (Å²) in [6.45, 7) is 3.32. The summed E-state index contributed by atoms with van der Waals surface area (Å²) in [6.07, 6.45) is 0. The zero-order chi connectivity index (χ0) is 10.8. The summed E-state index contributed by atoms with van der Waals surface area (Å²) in [5.74, 6) is -0.380. The highest BCUT2D eigenvalue weighted by atomic mass is 35.5. The van der Waals surface area contributed by atoms with Crippen LogP contribution in [-0.2, 0) is 4.74 Å². The molecule has 0 radical (unpaired) electrons. The van der Waals surface area contributed by atoms with Gasteiger partial charge in [-0.1, -0.05) is 17.7 Å². The molecule has 1 aliphatic heterocycles. The van der Waals surface area contributed by atoms with E-state index in [9.17, 15) is 4.39 Å². The lowest BCUT2D eigenvalue weighted by Crippen LogP contribution is -2.41. The molecule has 4 heteroatoms. The van der Waals surface area contributed by atoms with E-state index >= 15 is 0 Å². The molecule has 1 aromatic rings.